The van der Waals surface area contributed by atoms with Crippen molar-refractivity contribution in [2.75, 3.05) is 37.7 Å². The second kappa shape index (κ2) is 5.82. The number of nitrogens with zero attached hydrogens (tertiary/aromatic N) is 2. The minimum atomic E-state index is -0.357. The van der Waals surface area contributed by atoms with Crippen LogP contribution < -0.4 is 11.1 Å². The fraction of sp³-hybridized carbons (Fsp3) is 0.357. The van der Waals surface area contributed by atoms with Crippen LogP contribution in [0.4, 0.5) is 11.4 Å². The molecule has 112 valence electrons. The highest BCUT2D eigenvalue weighted by Crippen LogP contribution is 2.16. The molecule has 1 heterocycles. The molecule has 21 heavy (non-hydrogen) atoms. The Morgan fingerprint density at radius 3 is 2.67 bits per heavy atom. The zero-order valence-electron chi connectivity index (χ0n) is 12.0. The summed E-state index contributed by atoms with van der Waals surface area (Å²) in [5, 5.41) is 2.67. The Hall–Kier alpha value is -2.57. The second-order valence-corrected chi connectivity index (χ2v) is 5.12. The molecule has 0 radical (unpaired) electrons. The van der Waals surface area contributed by atoms with Gasteiger partial charge in [0.05, 0.1) is 6.54 Å². The molecule has 0 unspecified atom stereocenters. The summed E-state index contributed by atoms with van der Waals surface area (Å²) < 4.78 is 0. The number of likely N-dealkylation sites (N-methyl/N-ethyl adjacent to an activating group) is 1. The topological polar surface area (TPSA) is 95.7 Å². The first-order valence-corrected chi connectivity index (χ1v) is 6.54. The van der Waals surface area contributed by atoms with Crippen LogP contribution >= 0.6 is 0 Å². The summed E-state index contributed by atoms with van der Waals surface area (Å²) in [4.78, 5) is 37.9. The summed E-state index contributed by atoms with van der Waals surface area (Å²) in [5.41, 5.74) is 7.84. The average Bonchev–Trinajstić information content (AvgIpc) is 2.40. The average molecular weight is 290 g/mol. The predicted octanol–water partition coefficient (Wildman–Crippen LogP) is -0.184. The highest BCUT2D eigenvalue weighted by molar-refractivity contribution is 5.98. The number of nitrogens with one attached hydrogen (secondary N) is 1. The fourth-order valence-electron chi connectivity index (χ4n) is 2.00. The molecule has 1 aliphatic heterocycles. The first-order valence-electron chi connectivity index (χ1n) is 6.54. The number of carbonyl (C=O) groups excluding carboxylic acids is 3. The lowest BCUT2D eigenvalue weighted by Gasteiger charge is -2.31. The molecule has 1 aliphatic rings. The molecule has 0 bridgehead atoms. The van der Waals surface area contributed by atoms with Gasteiger partial charge in [-0.05, 0) is 24.6 Å². The Morgan fingerprint density at radius 1 is 1.29 bits per heavy atom. The Labute approximate surface area is 122 Å². The lowest BCUT2D eigenvalue weighted by molar-refractivity contribution is -0.149. The van der Waals surface area contributed by atoms with Crippen molar-refractivity contribution in [3.8, 4) is 0 Å². The summed E-state index contributed by atoms with van der Waals surface area (Å²) >= 11 is 0. The molecule has 3 N–H and O–H groups in total. The number of rotatable bonds is 3. The van der Waals surface area contributed by atoms with Crippen molar-refractivity contribution in [2.24, 2.45) is 0 Å². The van der Waals surface area contributed by atoms with Crippen molar-refractivity contribution >= 4 is 29.1 Å². The first-order chi connectivity index (χ1) is 9.86. The summed E-state index contributed by atoms with van der Waals surface area (Å²) in [7, 11) is 1.56. The van der Waals surface area contributed by atoms with Gasteiger partial charge in [0.1, 0.15) is 13.1 Å². The monoisotopic (exact) mass is 290 g/mol. The maximum Gasteiger partial charge on any atom is 0.244 e. The molecule has 0 saturated carbocycles. The van der Waals surface area contributed by atoms with E-state index in [1.54, 1.807) is 25.2 Å². The number of carbonyl (C=O) groups is 3. The molecule has 7 nitrogen and oxygen atoms in total. The van der Waals surface area contributed by atoms with Crippen LogP contribution in [-0.4, -0.2) is 54.2 Å². The van der Waals surface area contributed by atoms with Gasteiger partial charge in [-0.3, -0.25) is 14.4 Å². The molecule has 0 spiro atoms. The molecular formula is C14H18N4O3. The van der Waals surface area contributed by atoms with Crippen molar-refractivity contribution in [2.45, 2.75) is 6.92 Å². The highest BCUT2D eigenvalue weighted by Gasteiger charge is 2.28. The van der Waals surface area contributed by atoms with Crippen LogP contribution in [0.2, 0.25) is 0 Å². The lowest BCUT2D eigenvalue weighted by Crippen LogP contribution is -2.54. The number of benzene rings is 1. The van der Waals surface area contributed by atoms with E-state index in [1.165, 1.54) is 9.80 Å². The van der Waals surface area contributed by atoms with E-state index in [1.807, 2.05) is 6.92 Å². The quantitative estimate of drug-likeness (QED) is 0.755. The number of nitrogens with two attached hydrogens (primary N) is 1. The molecule has 0 aliphatic carbocycles. The number of anilines is 2. The third kappa shape index (κ3) is 3.50. The normalized spacial score (nSPS) is 15.3. The van der Waals surface area contributed by atoms with Gasteiger partial charge < -0.3 is 20.9 Å². The van der Waals surface area contributed by atoms with Crippen LogP contribution in [0.1, 0.15) is 5.56 Å². The van der Waals surface area contributed by atoms with Gasteiger partial charge >= 0.3 is 0 Å². The van der Waals surface area contributed by atoms with Crippen LogP contribution in [0.5, 0.6) is 0 Å². The number of aryl methyl sites for hydroxylation is 1. The highest BCUT2D eigenvalue weighted by atomic mass is 16.2. The number of piperazine rings is 1. The minimum Gasteiger partial charge on any atom is -0.398 e. The van der Waals surface area contributed by atoms with Crippen LogP contribution in [0.3, 0.4) is 0 Å². The minimum absolute atomic E-state index is 0.00356. The molecule has 3 amide bonds. The SMILES string of the molecule is Cc1ccc(NC(=O)CN2CC(=O)N(C)CC2=O)cc1N. The van der Waals surface area contributed by atoms with Gasteiger partial charge in [-0.1, -0.05) is 6.07 Å². The summed E-state index contributed by atoms with van der Waals surface area (Å²) in [5.74, 6) is -0.776. The largest absolute Gasteiger partial charge is 0.398 e. The van der Waals surface area contributed by atoms with Crippen molar-refractivity contribution in [3.05, 3.63) is 23.8 Å². The van der Waals surface area contributed by atoms with Gasteiger partial charge in [0.25, 0.3) is 0 Å². The molecule has 1 fully saturated rings. The maximum atomic E-state index is 11.9. The van der Waals surface area contributed by atoms with E-state index in [0.29, 0.717) is 11.4 Å². The Morgan fingerprint density at radius 2 is 2.00 bits per heavy atom. The number of amides is 3. The van der Waals surface area contributed by atoms with Crippen LogP contribution in [0, 0.1) is 6.92 Å². The Kier molecular flexibility index (Phi) is 4.11. The van der Waals surface area contributed by atoms with Crippen LogP contribution in [0.25, 0.3) is 0 Å². The third-order valence-corrected chi connectivity index (χ3v) is 3.37. The lowest BCUT2D eigenvalue weighted by atomic mass is 10.2. The Balaban J connectivity index is 1.96. The van der Waals surface area contributed by atoms with Crippen molar-refractivity contribution < 1.29 is 14.4 Å². The van der Waals surface area contributed by atoms with Gasteiger partial charge in [-0.2, -0.15) is 0 Å². The molecule has 1 aromatic rings. The van der Waals surface area contributed by atoms with Crippen molar-refractivity contribution in [1.82, 2.24) is 9.80 Å². The molecule has 0 aromatic heterocycles. The zero-order valence-corrected chi connectivity index (χ0v) is 12.0. The molecule has 1 aromatic carbocycles. The smallest absolute Gasteiger partial charge is 0.244 e. The van der Waals surface area contributed by atoms with Crippen molar-refractivity contribution in [3.63, 3.8) is 0 Å². The maximum absolute atomic E-state index is 11.9. The van der Waals surface area contributed by atoms with E-state index < -0.39 is 0 Å². The van der Waals surface area contributed by atoms with Gasteiger partial charge in [0.2, 0.25) is 17.7 Å². The van der Waals surface area contributed by atoms with Crippen molar-refractivity contribution in [1.29, 1.82) is 0 Å². The summed E-state index contributed by atoms with van der Waals surface area (Å²) in [6, 6.07) is 5.19. The van der Waals surface area contributed by atoms with E-state index in [4.69, 9.17) is 5.73 Å². The van der Waals surface area contributed by atoms with Crippen LogP contribution in [0.15, 0.2) is 18.2 Å². The number of hydrogen-bond donors (Lipinski definition) is 2. The molecule has 0 atom stereocenters. The second-order valence-electron chi connectivity index (χ2n) is 5.12. The van der Waals surface area contributed by atoms with E-state index in [-0.39, 0.29) is 37.4 Å². The number of hydrogen-bond acceptors (Lipinski definition) is 4. The first kappa shape index (κ1) is 14.8. The molecule has 1 saturated heterocycles. The van der Waals surface area contributed by atoms with Gasteiger partial charge in [0.15, 0.2) is 0 Å². The Bertz CT molecular complexity index is 600. The van der Waals surface area contributed by atoms with E-state index in [0.717, 1.165) is 5.56 Å². The van der Waals surface area contributed by atoms with Gasteiger partial charge in [-0.15, -0.1) is 0 Å². The molecule has 2 rings (SSSR count). The van der Waals surface area contributed by atoms with E-state index in [2.05, 4.69) is 5.32 Å². The van der Waals surface area contributed by atoms with Crippen LogP contribution in [-0.2, 0) is 14.4 Å². The zero-order chi connectivity index (χ0) is 15.6. The number of nitrogen functional groups attached to an aromatic ring is 1. The third-order valence-electron chi connectivity index (χ3n) is 3.37. The van der Waals surface area contributed by atoms with E-state index in [9.17, 15) is 14.4 Å². The predicted molar refractivity (Wildman–Crippen MR) is 78.4 cm³/mol. The molecular weight excluding hydrogens is 272 g/mol. The van der Waals surface area contributed by atoms with Gasteiger partial charge in [0, 0.05) is 18.4 Å². The van der Waals surface area contributed by atoms with Gasteiger partial charge in [-0.25, -0.2) is 0 Å². The van der Waals surface area contributed by atoms with E-state index >= 15 is 0 Å². The summed E-state index contributed by atoms with van der Waals surface area (Å²) in [6.45, 7) is 1.66. The molecule has 7 heteroatoms. The summed E-state index contributed by atoms with van der Waals surface area (Å²) in [6.07, 6.45) is 0. The standard InChI is InChI=1S/C14H18N4O3/c1-9-3-4-10(5-11(9)15)16-12(19)6-18-8-13(20)17(2)7-14(18)21/h3-5H,6-8,15H2,1-2H3,(H,16,19). The fourth-order valence-corrected chi connectivity index (χ4v) is 2.00.